The molecule has 1 N–H and O–H groups in total. The average molecular weight is 297 g/mol. The zero-order chi connectivity index (χ0) is 14.4. The SMILES string of the molecule is CCc1nc(N2CCCC2CC)sc1CNCCOC. The minimum Gasteiger partial charge on any atom is -0.383 e. The van der Waals surface area contributed by atoms with Crippen LogP contribution in [0.2, 0.25) is 0 Å². The third-order valence-corrected chi connectivity index (χ3v) is 5.10. The lowest BCUT2D eigenvalue weighted by Crippen LogP contribution is -2.28. The molecule has 0 aromatic carbocycles. The second kappa shape index (κ2) is 7.96. The van der Waals surface area contributed by atoms with E-state index in [2.05, 4.69) is 24.1 Å². The predicted molar refractivity (Wildman–Crippen MR) is 85.7 cm³/mol. The molecule has 0 bridgehead atoms. The number of aryl methyl sites for hydroxylation is 1. The minimum absolute atomic E-state index is 0.695. The molecule has 20 heavy (non-hydrogen) atoms. The topological polar surface area (TPSA) is 37.4 Å². The van der Waals surface area contributed by atoms with Gasteiger partial charge >= 0.3 is 0 Å². The molecule has 1 unspecified atom stereocenters. The summed E-state index contributed by atoms with van der Waals surface area (Å²) in [5.74, 6) is 0. The molecule has 0 spiro atoms. The number of nitrogens with one attached hydrogen (secondary N) is 1. The fourth-order valence-corrected chi connectivity index (χ4v) is 4.01. The van der Waals surface area contributed by atoms with Crippen molar-refractivity contribution in [2.45, 2.75) is 52.1 Å². The lowest BCUT2D eigenvalue weighted by atomic mass is 10.2. The molecule has 1 aliphatic heterocycles. The van der Waals surface area contributed by atoms with Crippen molar-refractivity contribution in [2.24, 2.45) is 0 Å². The van der Waals surface area contributed by atoms with Gasteiger partial charge in [-0.3, -0.25) is 0 Å². The summed E-state index contributed by atoms with van der Waals surface area (Å²) < 4.78 is 5.07. The fraction of sp³-hybridized carbons (Fsp3) is 0.800. The molecule has 1 aromatic rings. The van der Waals surface area contributed by atoms with Gasteiger partial charge in [0.05, 0.1) is 12.3 Å². The van der Waals surface area contributed by atoms with Crippen molar-refractivity contribution in [2.75, 3.05) is 31.7 Å². The number of rotatable bonds is 8. The minimum atomic E-state index is 0.695. The Bertz CT molecular complexity index is 408. The fourth-order valence-electron chi connectivity index (χ4n) is 2.80. The second-order valence-corrected chi connectivity index (χ2v) is 6.35. The highest BCUT2D eigenvalue weighted by atomic mass is 32.1. The molecule has 114 valence electrons. The van der Waals surface area contributed by atoms with E-state index in [1.165, 1.54) is 41.5 Å². The van der Waals surface area contributed by atoms with Crippen LogP contribution in [-0.2, 0) is 17.7 Å². The van der Waals surface area contributed by atoms with E-state index in [1.54, 1.807) is 7.11 Å². The number of ether oxygens (including phenoxy) is 1. The van der Waals surface area contributed by atoms with Crippen LogP contribution >= 0.6 is 11.3 Å². The molecule has 1 aliphatic rings. The van der Waals surface area contributed by atoms with Crippen LogP contribution in [-0.4, -0.2) is 37.8 Å². The van der Waals surface area contributed by atoms with Crippen LogP contribution in [0, 0.1) is 0 Å². The van der Waals surface area contributed by atoms with Crippen molar-refractivity contribution in [1.29, 1.82) is 0 Å². The van der Waals surface area contributed by atoms with E-state index in [9.17, 15) is 0 Å². The quantitative estimate of drug-likeness (QED) is 0.749. The first-order valence-corrected chi connectivity index (χ1v) is 8.56. The van der Waals surface area contributed by atoms with E-state index < -0.39 is 0 Å². The number of hydrogen-bond donors (Lipinski definition) is 1. The van der Waals surface area contributed by atoms with Crippen LogP contribution in [0.3, 0.4) is 0 Å². The summed E-state index contributed by atoms with van der Waals surface area (Å²) >= 11 is 1.87. The van der Waals surface area contributed by atoms with Gasteiger partial charge in [-0.1, -0.05) is 13.8 Å². The molecule has 0 aliphatic carbocycles. The van der Waals surface area contributed by atoms with E-state index >= 15 is 0 Å². The molecule has 1 fully saturated rings. The van der Waals surface area contributed by atoms with E-state index in [0.717, 1.165) is 26.1 Å². The molecule has 0 saturated carbocycles. The Labute approximate surface area is 126 Å². The zero-order valence-electron chi connectivity index (χ0n) is 12.9. The predicted octanol–water partition coefficient (Wildman–Crippen LogP) is 2.82. The Morgan fingerprint density at radius 3 is 3.00 bits per heavy atom. The molecule has 4 nitrogen and oxygen atoms in total. The van der Waals surface area contributed by atoms with Crippen molar-refractivity contribution in [3.05, 3.63) is 10.6 Å². The van der Waals surface area contributed by atoms with E-state index in [-0.39, 0.29) is 0 Å². The second-order valence-electron chi connectivity index (χ2n) is 5.29. The lowest BCUT2D eigenvalue weighted by molar-refractivity contribution is 0.199. The number of aromatic nitrogens is 1. The summed E-state index contributed by atoms with van der Waals surface area (Å²) in [5, 5.41) is 4.66. The van der Waals surface area contributed by atoms with Crippen molar-refractivity contribution < 1.29 is 4.74 Å². The number of methoxy groups -OCH3 is 1. The third kappa shape index (κ3) is 3.71. The van der Waals surface area contributed by atoms with Crippen LogP contribution in [0.15, 0.2) is 0 Å². The van der Waals surface area contributed by atoms with Gasteiger partial charge in [-0.15, -0.1) is 11.3 Å². The average Bonchev–Trinajstić information content (AvgIpc) is 3.09. The lowest BCUT2D eigenvalue weighted by Gasteiger charge is -2.22. The third-order valence-electron chi connectivity index (χ3n) is 3.96. The summed E-state index contributed by atoms with van der Waals surface area (Å²) in [6.07, 6.45) is 4.87. The van der Waals surface area contributed by atoms with Gasteiger partial charge in [0.15, 0.2) is 5.13 Å². The Kier molecular flexibility index (Phi) is 6.26. The highest BCUT2D eigenvalue weighted by molar-refractivity contribution is 7.15. The van der Waals surface area contributed by atoms with Crippen molar-refractivity contribution in [3.63, 3.8) is 0 Å². The van der Waals surface area contributed by atoms with Gasteiger partial charge in [0.2, 0.25) is 0 Å². The largest absolute Gasteiger partial charge is 0.383 e. The Morgan fingerprint density at radius 1 is 1.45 bits per heavy atom. The normalized spacial score (nSPS) is 18.9. The maximum atomic E-state index is 5.07. The zero-order valence-corrected chi connectivity index (χ0v) is 13.8. The van der Waals surface area contributed by atoms with Gasteiger partial charge in [-0.2, -0.15) is 0 Å². The standard InChI is InChI=1S/C15H27N3OS/c1-4-12-7-6-9-18(12)15-17-13(5-2)14(20-15)11-16-8-10-19-3/h12,16H,4-11H2,1-3H3. The van der Waals surface area contributed by atoms with Crippen molar-refractivity contribution >= 4 is 16.5 Å². The van der Waals surface area contributed by atoms with Gasteiger partial charge < -0.3 is 15.0 Å². The Balaban J connectivity index is 2.02. The van der Waals surface area contributed by atoms with Crippen LogP contribution in [0.25, 0.3) is 0 Å². The first kappa shape index (κ1) is 15.7. The van der Waals surface area contributed by atoms with E-state index in [0.29, 0.717) is 6.04 Å². The molecule has 1 atom stereocenters. The molecular formula is C15H27N3OS. The van der Waals surface area contributed by atoms with E-state index in [4.69, 9.17) is 9.72 Å². The van der Waals surface area contributed by atoms with Crippen molar-refractivity contribution in [3.8, 4) is 0 Å². The van der Waals surface area contributed by atoms with Gasteiger partial charge in [0, 0.05) is 37.7 Å². The summed E-state index contributed by atoms with van der Waals surface area (Å²) in [6.45, 7) is 8.22. The highest BCUT2D eigenvalue weighted by Gasteiger charge is 2.26. The first-order chi connectivity index (χ1) is 9.80. The molecule has 5 heteroatoms. The van der Waals surface area contributed by atoms with Gasteiger partial charge in [0.1, 0.15) is 0 Å². The molecular weight excluding hydrogens is 270 g/mol. The summed E-state index contributed by atoms with van der Waals surface area (Å²) in [7, 11) is 1.74. The monoisotopic (exact) mass is 297 g/mol. The molecule has 0 amide bonds. The van der Waals surface area contributed by atoms with Crippen LogP contribution in [0.1, 0.15) is 43.7 Å². The smallest absolute Gasteiger partial charge is 0.186 e. The summed E-state index contributed by atoms with van der Waals surface area (Å²) in [6, 6.07) is 0.695. The Hall–Kier alpha value is -0.650. The Morgan fingerprint density at radius 2 is 2.30 bits per heavy atom. The number of nitrogens with zero attached hydrogens (tertiary/aromatic N) is 2. The number of anilines is 1. The van der Waals surface area contributed by atoms with Crippen LogP contribution in [0.5, 0.6) is 0 Å². The van der Waals surface area contributed by atoms with Crippen LogP contribution in [0.4, 0.5) is 5.13 Å². The van der Waals surface area contributed by atoms with E-state index in [1.807, 2.05) is 11.3 Å². The van der Waals surface area contributed by atoms with Gasteiger partial charge in [0.25, 0.3) is 0 Å². The molecule has 2 rings (SSSR count). The van der Waals surface area contributed by atoms with Gasteiger partial charge in [-0.25, -0.2) is 4.98 Å². The molecule has 2 heterocycles. The maximum absolute atomic E-state index is 5.07. The van der Waals surface area contributed by atoms with Crippen LogP contribution < -0.4 is 10.2 Å². The molecule has 0 radical (unpaired) electrons. The van der Waals surface area contributed by atoms with Crippen molar-refractivity contribution in [1.82, 2.24) is 10.3 Å². The first-order valence-electron chi connectivity index (χ1n) is 7.75. The molecule has 1 aromatic heterocycles. The highest BCUT2D eigenvalue weighted by Crippen LogP contribution is 2.33. The maximum Gasteiger partial charge on any atom is 0.186 e. The van der Waals surface area contributed by atoms with Gasteiger partial charge in [-0.05, 0) is 25.7 Å². The molecule has 1 saturated heterocycles. The number of thiazole rings is 1. The summed E-state index contributed by atoms with van der Waals surface area (Å²) in [5.41, 5.74) is 1.26. The number of hydrogen-bond acceptors (Lipinski definition) is 5. The summed E-state index contributed by atoms with van der Waals surface area (Å²) in [4.78, 5) is 8.79.